The van der Waals surface area contributed by atoms with Gasteiger partial charge in [0, 0.05) is 30.5 Å². The predicted octanol–water partition coefficient (Wildman–Crippen LogP) is 2.60. The summed E-state index contributed by atoms with van der Waals surface area (Å²) in [4.78, 5) is 4.10. The standard InChI is InChI=1S/C14H17FN2/c1-16(2)13-7-9-17(10-8-13)11-12-5-3-4-6-14(12)15/h3-10,13H,11H2,1-2H3. The van der Waals surface area contributed by atoms with Gasteiger partial charge in [-0.15, -0.1) is 0 Å². The van der Waals surface area contributed by atoms with E-state index in [1.54, 1.807) is 6.07 Å². The molecular formula is C14H17FN2. The van der Waals surface area contributed by atoms with Crippen molar-refractivity contribution < 1.29 is 4.39 Å². The molecule has 0 spiro atoms. The van der Waals surface area contributed by atoms with Crippen molar-refractivity contribution in [1.29, 1.82) is 0 Å². The second kappa shape index (κ2) is 5.15. The number of halogens is 1. The number of hydrogen-bond donors (Lipinski definition) is 0. The van der Waals surface area contributed by atoms with Crippen LogP contribution in [0.5, 0.6) is 0 Å². The van der Waals surface area contributed by atoms with Gasteiger partial charge >= 0.3 is 0 Å². The van der Waals surface area contributed by atoms with Gasteiger partial charge in [-0.05, 0) is 32.3 Å². The third kappa shape index (κ3) is 2.94. The molecule has 0 saturated heterocycles. The van der Waals surface area contributed by atoms with Crippen molar-refractivity contribution in [2.24, 2.45) is 0 Å². The highest BCUT2D eigenvalue weighted by atomic mass is 19.1. The van der Waals surface area contributed by atoms with Crippen LogP contribution in [0.1, 0.15) is 5.56 Å². The molecule has 1 aromatic carbocycles. The Hall–Kier alpha value is -1.61. The van der Waals surface area contributed by atoms with Crippen LogP contribution in [0.3, 0.4) is 0 Å². The van der Waals surface area contributed by atoms with Crippen LogP contribution in [0, 0.1) is 5.82 Å². The monoisotopic (exact) mass is 232 g/mol. The minimum atomic E-state index is -0.149. The van der Waals surface area contributed by atoms with Crippen LogP contribution in [0.15, 0.2) is 48.8 Å². The Labute approximate surface area is 102 Å². The van der Waals surface area contributed by atoms with Crippen LogP contribution in [0.25, 0.3) is 0 Å². The largest absolute Gasteiger partial charge is 0.350 e. The Balaban J connectivity index is 2.01. The number of likely N-dealkylation sites (N-methyl/N-ethyl adjacent to an activating group) is 1. The van der Waals surface area contributed by atoms with E-state index in [1.807, 2.05) is 43.5 Å². The normalized spacial score (nSPS) is 15.9. The van der Waals surface area contributed by atoms with Crippen LogP contribution >= 0.6 is 0 Å². The van der Waals surface area contributed by atoms with Gasteiger partial charge in [0.05, 0.1) is 0 Å². The molecule has 0 aliphatic carbocycles. The second-order valence-electron chi connectivity index (χ2n) is 4.40. The minimum Gasteiger partial charge on any atom is -0.350 e. The predicted molar refractivity (Wildman–Crippen MR) is 67.7 cm³/mol. The van der Waals surface area contributed by atoms with Gasteiger partial charge in [-0.25, -0.2) is 4.39 Å². The highest BCUT2D eigenvalue weighted by Crippen LogP contribution is 2.14. The highest BCUT2D eigenvalue weighted by molar-refractivity contribution is 5.20. The lowest BCUT2D eigenvalue weighted by Crippen LogP contribution is -2.27. The van der Waals surface area contributed by atoms with Crippen LogP contribution in [-0.4, -0.2) is 29.9 Å². The van der Waals surface area contributed by atoms with Crippen molar-refractivity contribution in [2.75, 3.05) is 14.1 Å². The van der Waals surface area contributed by atoms with Gasteiger partial charge in [0.15, 0.2) is 0 Å². The SMILES string of the molecule is CN(C)C1C=CN(Cc2ccccc2F)C=C1. The average Bonchev–Trinajstić information content (AvgIpc) is 2.33. The van der Waals surface area contributed by atoms with Crippen LogP contribution in [0.4, 0.5) is 4.39 Å². The first-order valence-corrected chi connectivity index (χ1v) is 5.69. The van der Waals surface area contributed by atoms with Crippen molar-refractivity contribution in [2.45, 2.75) is 12.6 Å². The fourth-order valence-electron chi connectivity index (χ4n) is 1.78. The highest BCUT2D eigenvalue weighted by Gasteiger charge is 2.10. The van der Waals surface area contributed by atoms with E-state index < -0.39 is 0 Å². The zero-order valence-corrected chi connectivity index (χ0v) is 10.2. The van der Waals surface area contributed by atoms with Gasteiger partial charge in [0.25, 0.3) is 0 Å². The summed E-state index contributed by atoms with van der Waals surface area (Å²) in [6.07, 6.45) is 8.19. The quantitative estimate of drug-likeness (QED) is 0.790. The molecule has 1 aliphatic rings. The number of hydrogen-bond acceptors (Lipinski definition) is 2. The molecule has 2 rings (SSSR count). The van der Waals surface area contributed by atoms with Crippen LogP contribution in [-0.2, 0) is 6.54 Å². The Kier molecular flexibility index (Phi) is 3.59. The molecular weight excluding hydrogens is 215 g/mol. The first-order chi connectivity index (χ1) is 8.16. The lowest BCUT2D eigenvalue weighted by molar-refractivity contribution is 0.370. The summed E-state index contributed by atoms with van der Waals surface area (Å²) in [6.45, 7) is 0.569. The van der Waals surface area contributed by atoms with Gasteiger partial charge in [-0.3, -0.25) is 4.90 Å². The molecule has 0 fully saturated rings. The van der Waals surface area contributed by atoms with Crippen molar-refractivity contribution in [3.63, 3.8) is 0 Å². The van der Waals surface area contributed by atoms with Crippen molar-refractivity contribution in [3.05, 3.63) is 60.2 Å². The third-order valence-electron chi connectivity index (χ3n) is 2.86. The summed E-state index contributed by atoms with van der Waals surface area (Å²) in [5.41, 5.74) is 0.713. The smallest absolute Gasteiger partial charge is 0.128 e. The Morgan fingerprint density at radius 2 is 1.82 bits per heavy atom. The molecule has 0 bridgehead atoms. The van der Waals surface area contributed by atoms with E-state index in [-0.39, 0.29) is 5.82 Å². The molecule has 3 heteroatoms. The molecule has 2 nitrogen and oxygen atoms in total. The van der Waals surface area contributed by atoms with E-state index in [2.05, 4.69) is 17.1 Å². The van der Waals surface area contributed by atoms with Gasteiger partial charge in [-0.2, -0.15) is 0 Å². The molecule has 17 heavy (non-hydrogen) atoms. The molecule has 1 aliphatic heterocycles. The first-order valence-electron chi connectivity index (χ1n) is 5.69. The summed E-state index contributed by atoms with van der Waals surface area (Å²) in [5.74, 6) is -0.149. The fraction of sp³-hybridized carbons (Fsp3) is 0.286. The van der Waals surface area contributed by atoms with Crippen LogP contribution in [0.2, 0.25) is 0 Å². The van der Waals surface area contributed by atoms with Gasteiger partial charge in [0.2, 0.25) is 0 Å². The number of nitrogens with zero attached hydrogens (tertiary/aromatic N) is 2. The number of rotatable bonds is 3. The van der Waals surface area contributed by atoms with E-state index in [0.29, 0.717) is 18.2 Å². The van der Waals surface area contributed by atoms with Gasteiger partial charge in [0.1, 0.15) is 5.82 Å². The first kappa shape index (κ1) is 11.9. The van der Waals surface area contributed by atoms with Crippen LogP contribution < -0.4 is 0 Å². The molecule has 0 atom stereocenters. The van der Waals surface area contributed by atoms with Gasteiger partial charge < -0.3 is 4.90 Å². The topological polar surface area (TPSA) is 6.48 Å². The van der Waals surface area contributed by atoms with Crippen molar-refractivity contribution in [1.82, 2.24) is 9.80 Å². The molecule has 0 aromatic heterocycles. The summed E-state index contributed by atoms with van der Waals surface area (Å²) in [7, 11) is 4.07. The lowest BCUT2D eigenvalue weighted by Gasteiger charge is -2.25. The molecule has 90 valence electrons. The third-order valence-corrected chi connectivity index (χ3v) is 2.86. The molecule has 1 heterocycles. The zero-order valence-electron chi connectivity index (χ0n) is 10.2. The molecule has 0 radical (unpaired) electrons. The van der Waals surface area contributed by atoms with Crippen molar-refractivity contribution >= 4 is 0 Å². The summed E-state index contributed by atoms with van der Waals surface area (Å²) < 4.78 is 13.5. The van der Waals surface area contributed by atoms with E-state index >= 15 is 0 Å². The maximum atomic E-state index is 13.5. The van der Waals surface area contributed by atoms with Gasteiger partial charge in [-0.1, -0.05) is 18.2 Å². The maximum Gasteiger partial charge on any atom is 0.128 e. The van der Waals surface area contributed by atoms with E-state index in [4.69, 9.17) is 0 Å². The van der Waals surface area contributed by atoms with E-state index in [1.165, 1.54) is 6.07 Å². The Morgan fingerprint density at radius 1 is 1.18 bits per heavy atom. The maximum absolute atomic E-state index is 13.5. The summed E-state index contributed by atoms with van der Waals surface area (Å²) in [5, 5.41) is 0. The molecule has 0 saturated carbocycles. The summed E-state index contributed by atoms with van der Waals surface area (Å²) in [6, 6.07) is 7.21. The fourth-order valence-corrected chi connectivity index (χ4v) is 1.78. The second-order valence-corrected chi connectivity index (χ2v) is 4.40. The van der Waals surface area contributed by atoms with Crippen molar-refractivity contribution in [3.8, 4) is 0 Å². The Morgan fingerprint density at radius 3 is 2.41 bits per heavy atom. The Bertz CT molecular complexity index is 424. The minimum absolute atomic E-state index is 0.149. The number of benzene rings is 1. The molecule has 0 N–H and O–H groups in total. The molecule has 0 amide bonds. The van der Waals surface area contributed by atoms with E-state index in [0.717, 1.165) is 0 Å². The summed E-state index contributed by atoms with van der Waals surface area (Å²) >= 11 is 0. The average molecular weight is 232 g/mol. The lowest BCUT2D eigenvalue weighted by atomic mass is 10.1. The molecule has 1 aromatic rings. The zero-order chi connectivity index (χ0) is 12.3. The van der Waals surface area contributed by atoms with E-state index in [9.17, 15) is 4.39 Å². The molecule has 0 unspecified atom stereocenters.